The lowest BCUT2D eigenvalue weighted by molar-refractivity contribution is -0.122. The minimum absolute atomic E-state index is 0.371. The zero-order valence-electron chi connectivity index (χ0n) is 11.2. The van der Waals surface area contributed by atoms with E-state index in [1.54, 1.807) is 12.1 Å². The summed E-state index contributed by atoms with van der Waals surface area (Å²) in [5, 5.41) is 4.59. The molecule has 0 heterocycles. The first-order valence-electron chi connectivity index (χ1n) is 6.59. The maximum Gasteiger partial charge on any atom is 0.243 e. The number of fused-ring (bicyclic) bond motifs is 1. The average Bonchev–Trinajstić information content (AvgIpc) is 2.80. The molecule has 2 aromatic carbocycles. The number of amides is 1. The number of benzene rings is 2. The van der Waals surface area contributed by atoms with Gasteiger partial charge in [-0.1, -0.05) is 29.3 Å². The first-order chi connectivity index (χ1) is 9.98. The lowest BCUT2D eigenvalue weighted by Crippen LogP contribution is -2.51. The molecule has 1 aliphatic carbocycles. The summed E-state index contributed by atoms with van der Waals surface area (Å²) in [6.45, 7) is 0. The van der Waals surface area contributed by atoms with Crippen molar-refractivity contribution in [2.45, 2.75) is 18.4 Å². The largest absolute Gasteiger partial charge is 0.371 e. The van der Waals surface area contributed by atoms with Crippen molar-refractivity contribution in [3.05, 3.63) is 63.6 Å². The third-order valence-electron chi connectivity index (χ3n) is 3.85. The second-order valence-corrected chi connectivity index (χ2v) is 6.22. The fraction of sp³-hybridized carbons (Fsp3) is 0.188. The van der Waals surface area contributed by atoms with Gasteiger partial charge in [0.1, 0.15) is 5.54 Å². The van der Waals surface area contributed by atoms with Crippen molar-refractivity contribution >= 4 is 34.8 Å². The molecule has 5 heteroatoms. The molecule has 3 nitrogen and oxygen atoms in total. The maximum absolute atomic E-state index is 12.0. The monoisotopic (exact) mass is 320 g/mol. The van der Waals surface area contributed by atoms with Gasteiger partial charge >= 0.3 is 0 Å². The van der Waals surface area contributed by atoms with Gasteiger partial charge in [-0.25, -0.2) is 0 Å². The molecule has 0 aliphatic heterocycles. The Bertz CT molecular complexity index is 700. The van der Waals surface area contributed by atoms with Crippen molar-refractivity contribution in [1.82, 2.24) is 0 Å². The van der Waals surface area contributed by atoms with Crippen molar-refractivity contribution in [1.29, 1.82) is 0 Å². The number of hydrogen-bond donors (Lipinski definition) is 2. The third kappa shape index (κ3) is 2.71. The summed E-state index contributed by atoms with van der Waals surface area (Å²) in [6.07, 6.45) is 1.08. The van der Waals surface area contributed by atoms with E-state index in [1.165, 1.54) is 0 Å². The highest BCUT2D eigenvalue weighted by atomic mass is 35.5. The van der Waals surface area contributed by atoms with E-state index >= 15 is 0 Å². The van der Waals surface area contributed by atoms with E-state index in [9.17, 15) is 4.79 Å². The Morgan fingerprint density at radius 3 is 2.29 bits per heavy atom. The normalized spacial score (nSPS) is 20.1. The van der Waals surface area contributed by atoms with E-state index in [0.717, 1.165) is 16.8 Å². The number of nitrogens with two attached hydrogens (primary N) is 1. The molecule has 0 saturated heterocycles. The van der Waals surface area contributed by atoms with E-state index in [2.05, 4.69) is 5.32 Å². The molecule has 0 spiro atoms. The smallest absolute Gasteiger partial charge is 0.243 e. The fourth-order valence-electron chi connectivity index (χ4n) is 2.78. The van der Waals surface area contributed by atoms with Crippen LogP contribution in [-0.2, 0) is 17.6 Å². The van der Waals surface area contributed by atoms with Crippen LogP contribution in [0.2, 0.25) is 10.0 Å². The number of carbonyl (C=O) groups is 1. The first-order valence-corrected chi connectivity index (χ1v) is 7.35. The highest BCUT2D eigenvalue weighted by molar-refractivity contribution is 6.31. The second kappa shape index (κ2) is 5.24. The number of nitrogens with one attached hydrogen (secondary N) is 1. The van der Waals surface area contributed by atoms with E-state index < -0.39 is 5.54 Å². The summed E-state index contributed by atoms with van der Waals surface area (Å²) in [5.74, 6) is -0.371. The molecule has 3 N–H and O–H groups in total. The lowest BCUT2D eigenvalue weighted by atomic mass is 9.94. The quantitative estimate of drug-likeness (QED) is 0.910. The summed E-state index contributed by atoms with van der Waals surface area (Å²) in [7, 11) is 0. The zero-order valence-corrected chi connectivity index (χ0v) is 12.7. The van der Waals surface area contributed by atoms with Crippen LogP contribution in [0.25, 0.3) is 0 Å². The number of rotatable bonds is 3. The van der Waals surface area contributed by atoms with Crippen molar-refractivity contribution in [3.63, 3.8) is 0 Å². The number of anilines is 1. The Morgan fingerprint density at radius 2 is 1.62 bits per heavy atom. The number of primary amides is 1. The van der Waals surface area contributed by atoms with Crippen LogP contribution in [0.1, 0.15) is 11.1 Å². The van der Waals surface area contributed by atoms with Gasteiger partial charge in [-0.05, 0) is 47.5 Å². The predicted molar refractivity (Wildman–Crippen MR) is 85.9 cm³/mol. The summed E-state index contributed by atoms with van der Waals surface area (Å²) < 4.78 is 0. The Hall–Kier alpha value is -1.71. The minimum atomic E-state index is -0.819. The lowest BCUT2D eigenvalue weighted by Gasteiger charge is -2.28. The molecule has 0 saturated carbocycles. The van der Waals surface area contributed by atoms with Crippen LogP contribution >= 0.6 is 23.2 Å². The molecule has 0 fully saturated rings. The zero-order chi connectivity index (χ0) is 15.0. The van der Waals surface area contributed by atoms with Crippen LogP contribution in [0.15, 0.2) is 42.5 Å². The van der Waals surface area contributed by atoms with Crippen LogP contribution in [-0.4, -0.2) is 11.4 Å². The summed E-state index contributed by atoms with van der Waals surface area (Å²) >= 11 is 11.9. The van der Waals surface area contributed by atoms with Gasteiger partial charge in [-0.3, -0.25) is 4.79 Å². The summed E-state index contributed by atoms with van der Waals surface area (Å²) in [4.78, 5) is 12.0. The maximum atomic E-state index is 12.0. The number of carbonyl (C=O) groups excluding carboxylic acids is 1. The van der Waals surface area contributed by atoms with Crippen LogP contribution in [0, 0.1) is 0 Å². The van der Waals surface area contributed by atoms with Crippen molar-refractivity contribution in [3.8, 4) is 0 Å². The molecule has 2 aromatic rings. The Kier molecular flexibility index (Phi) is 3.56. The van der Waals surface area contributed by atoms with Gasteiger partial charge in [-0.2, -0.15) is 0 Å². The minimum Gasteiger partial charge on any atom is -0.371 e. The fourth-order valence-corrected chi connectivity index (χ4v) is 3.10. The van der Waals surface area contributed by atoms with Gasteiger partial charge in [-0.15, -0.1) is 0 Å². The van der Waals surface area contributed by atoms with E-state index in [0.29, 0.717) is 22.9 Å². The molecule has 1 aliphatic rings. The van der Waals surface area contributed by atoms with Crippen LogP contribution in [0.5, 0.6) is 0 Å². The van der Waals surface area contributed by atoms with E-state index in [4.69, 9.17) is 28.9 Å². The molecule has 108 valence electrons. The summed E-state index contributed by atoms with van der Waals surface area (Å²) in [5.41, 5.74) is 7.82. The summed E-state index contributed by atoms with van der Waals surface area (Å²) in [6, 6.07) is 12.9. The van der Waals surface area contributed by atoms with Gasteiger partial charge in [0.05, 0.1) is 0 Å². The molecule has 0 aromatic heterocycles. The van der Waals surface area contributed by atoms with Crippen molar-refractivity contribution in [2.24, 2.45) is 5.73 Å². The molecule has 1 atom stereocenters. The van der Waals surface area contributed by atoms with Gasteiger partial charge in [0.15, 0.2) is 0 Å². The van der Waals surface area contributed by atoms with Crippen LogP contribution in [0.4, 0.5) is 5.69 Å². The Balaban J connectivity index is 1.93. The van der Waals surface area contributed by atoms with Gasteiger partial charge in [0.25, 0.3) is 0 Å². The Morgan fingerprint density at radius 1 is 1.00 bits per heavy atom. The van der Waals surface area contributed by atoms with Crippen LogP contribution < -0.4 is 11.1 Å². The van der Waals surface area contributed by atoms with Crippen molar-refractivity contribution in [2.75, 3.05) is 5.32 Å². The number of halogens is 2. The van der Waals surface area contributed by atoms with Gasteiger partial charge in [0, 0.05) is 28.6 Å². The number of hydrogen-bond acceptors (Lipinski definition) is 2. The highest BCUT2D eigenvalue weighted by Gasteiger charge is 2.42. The third-order valence-corrected chi connectivity index (χ3v) is 4.34. The molecule has 21 heavy (non-hydrogen) atoms. The highest BCUT2D eigenvalue weighted by Crippen LogP contribution is 2.34. The molecule has 1 amide bonds. The molecular weight excluding hydrogens is 307 g/mol. The average molecular weight is 321 g/mol. The van der Waals surface area contributed by atoms with Gasteiger partial charge in [0.2, 0.25) is 5.91 Å². The predicted octanol–water partition coefficient (Wildman–Crippen LogP) is 3.43. The van der Waals surface area contributed by atoms with Crippen LogP contribution in [0.3, 0.4) is 0 Å². The van der Waals surface area contributed by atoms with E-state index in [-0.39, 0.29) is 5.91 Å². The first kappa shape index (κ1) is 14.2. The topological polar surface area (TPSA) is 55.1 Å². The molecular formula is C16H14Cl2N2O. The Labute approximate surface area is 133 Å². The molecule has 3 rings (SSSR count). The SMILES string of the molecule is NC(=O)C1(Nc2ccc(Cl)cc2)Cc2ccc(Cl)cc2C1. The molecule has 0 bridgehead atoms. The van der Waals surface area contributed by atoms with E-state index in [1.807, 2.05) is 30.3 Å². The second-order valence-electron chi connectivity index (χ2n) is 5.34. The van der Waals surface area contributed by atoms with Gasteiger partial charge < -0.3 is 11.1 Å². The van der Waals surface area contributed by atoms with Crippen molar-refractivity contribution < 1.29 is 4.79 Å². The molecule has 0 radical (unpaired) electrons. The standard InChI is InChI=1S/C16H14Cl2N2O/c17-12-3-5-14(6-4-12)20-16(15(19)21)8-10-1-2-13(18)7-11(10)9-16/h1-7,20H,8-9H2,(H2,19,21). The molecule has 1 unspecified atom stereocenters.